The SMILES string of the molecule is CCn1cc(C(CC)(CC)c2ccc(C#CC(O)(CC)CC)c(C)c2)cc1C(=O)OCCO. The summed E-state index contributed by atoms with van der Waals surface area (Å²) in [6.45, 7) is 12.7. The maximum Gasteiger partial charge on any atom is 0.355 e. The highest BCUT2D eigenvalue weighted by atomic mass is 16.5. The molecular weight excluding hydrogens is 414 g/mol. The van der Waals surface area contributed by atoms with Gasteiger partial charge in [-0.15, -0.1) is 0 Å². The first kappa shape index (κ1) is 26.7. The monoisotopic (exact) mass is 453 g/mol. The second-order valence-electron chi connectivity index (χ2n) is 8.57. The smallest absolute Gasteiger partial charge is 0.355 e. The lowest BCUT2D eigenvalue weighted by Crippen LogP contribution is -2.26. The fraction of sp³-hybridized carbons (Fsp3) is 0.536. The first-order valence-electron chi connectivity index (χ1n) is 12.1. The Hall–Kier alpha value is -2.55. The highest BCUT2D eigenvalue weighted by molar-refractivity contribution is 5.88. The Morgan fingerprint density at radius 2 is 1.70 bits per heavy atom. The summed E-state index contributed by atoms with van der Waals surface area (Å²) in [6, 6.07) is 8.27. The topological polar surface area (TPSA) is 71.7 Å². The number of hydrogen-bond donors (Lipinski definition) is 2. The fourth-order valence-electron chi connectivity index (χ4n) is 4.36. The van der Waals surface area contributed by atoms with Crippen LogP contribution in [0.1, 0.15) is 93.0 Å². The minimum atomic E-state index is -0.953. The summed E-state index contributed by atoms with van der Waals surface area (Å²) < 4.78 is 7.10. The minimum Gasteiger partial charge on any atom is -0.459 e. The lowest BCUT2D eigenvalue weighted by molar-refractivity contribution is 0.0421. The van der Waals surface area contributed by atoms with Crippen LogP contribution in [-0.2, 0) is 16.7 Å². The predicted molar refractivity (Wildman–Crippen MR) is 132 cm³/mol. The van der Waals surface area contributed by atoms with Crippen molar-refractivity contribution in [3.8, 4) is 11.8 Å². The molecule has 0 fully saturated rings. The number of hydrogen-bond acceptors (Lipinski definition) is 4. The highest BCUT2D eigenvalue weighted by Gasteiger charge is 2.33. The van der Waals surface area contributed by atoms with Gasteiger partial charge >= 0.3 is 5.97 Å². The van der Waals surface area contributed by atoms with Gasteiger partial charge in [-0.05, 0) is 68.4 Å². The molecule has 0 radical (unpaired) electrons. The molecule has 33 heavy (non-hydrogen) atoms. The molecule has 0 spiro atoms. The predicted octanol–water partition coefficient (Wildman–Crippen LogP) is 4.97. The van der Waals surface area contributed by atoms with E-state index in [1.54, 1.807) is 0 Å². The van der Waals surface area contributed by atoms with E-state index in [1.807, 2.05) is 43.7 Å². The van der Waals surface area contributed by atoms with Crippen molar-refractivity contribution in [2.75, 3.05) is 13.2 Å². The molecule has 0 atom stereocenters. The quantitative estimate of drug-likeness (QED) is 0.393. The number of ether oxygens (including phenoxy) is 1. The third-order valence-electron chi connectivity index (χ3n) is 6.91. The number of aryl methyl sites for hydroxylation is 2. The van der Waals surface area contributed by atoms with Crippen LogP contribution in [0.2, 0.25) is 0 Å². The van der Waals surface area contributed by atoms with Crippen molar-refractivity contribution in [2.45, 2.75) is 84.8 Å². The molecule has 0 saturated carbocycles. The van der Waals surface area contributed by atoms with Crippen LogP contribution in [0, 0.1) is 18.8 Å². The fourth-order valence-corrected chi connectivity index (χ4v) is 4.36. The van der Waals surface area contributed by atoms with Crippen LogP contribution in [0.3, 0.4) is 0 Å². The number of carbonyl (C=O) groups is 1. The Morgan fingerprint density at radius 1 is 1.03 bits per heavy atom. The van der Waals surface area contributed by atoms with Gasteiger partial charge in [0.05, 0.1) is 6.61 Å². The number of aliphatic hydroxyl groups excluding tert-OH is 1. The van der Waals surface area contributed by atoms with E-state index in [9.17, 15) is 9.90 Å². The Bertz CT molecular complexity index is 1000. The van der Waals surface area contributed by atoms with E-state index in [2.05, 4.69) is 44.7 Å². The van der Waals surface area contributed by atoms with E-state index in [1.165, 1.54) is 5.56 Å². The molecule has 2 aromatic rings. The van der Waals surface area contributed by atoms with Gasteiger partial charge in [-0.1, -0.05) is 51.7 Å². The first-order valence-corrected chi connectivity index (χ1v) is 12.1. The van der Waals surface area contributed by atoms with Crippen molar-refractivity contribution in [1.29, 1.82) is 0 Å². The average Bonchev–Trinajstić information content (AvgIpc) is 3.28. The summed E-state index contributed by atoms with van der Waals surface area (Å²) in [7, 11) is 0. The van der Waals surface area contributed by atoms with E-state index in [0.29, 0.717) is 25.1 Å². The molecule has 0 aliphatic carbocycles. The lowest BCUT2D eigenvalue weighted by Gasteiger charge is -2.32. The Labute approximate surface area is 198 Å². The zero-order valence-corrected chi connectivity index (χ0v) is 21.0. The lowest BCUT2D eigenvalue weighted by atomic mass is 9.71. The van der Waals surface area contributed by atoms with Crippen LogP contribution in [0.25, 0.3) is 0 Å². The number of esters is 1. The summed E-state index contributed by atoms with van der Waals surface area (Å²) >= 11 is 0. The Kier molecular flexibility index (Phi) is 9.34. The molecule has 2 rings (SSSR count). The van der Waals surface area contributed by atoms with Crippen molar-refractivity contribution >= 4 is 5.97 Å². The molecule has 0 saturated heterocycles. The zero-order valence-electron chi connectivity index (χ0n) is 21.0. The number of aliphatic hydroxyl groups is 2. The van der Waals surface area contributed by atoms with Crippen LogP contribution in [0.5, 0.6) is 0 Å². The van der Waals surface area contributed by atoms with Gasteiger partial charge in [0, 0.05) is 23.7 Å². The van der Waals surface area contributed by atoms with Crippen molar-refractivity contribution in [2.24, 2.45) is 0 Å². The second kappa shape index (κ2) is 11.5. The summed E-state index contributed by atoms with van der Waals surface area (Å²) in [5, 5.41) is 19.5. The molecule has 1 aromatic carbocycles. The summed E-state index contributed by atoms with van der Waals surface area (Å²) in [4.78, 5) is 12.5. The van der Waals surface area contributed by atoms with Crippen LogP contribution >= 0.6 is 0 Å². The largest absolute Gasteiger partial charge is 0.459 e. The molecule has 0 aliphatic rings. The van der Waals surface area contributed by atoms with Gasteiger partial charge in [0.1, 0.15) is 17.9 Å². The molecule has 0 unspecified atom stereocenters. The Balaban J connectivity index is 2.52. The van der Waals surface area contributed by atoms with Gasteiger partial charge in [0.15, 0.2) is 0 Å². The minimum absolute atomic E-state index is 0.0113. The number of carbonyl (C=O) groups excluding carboxylic acids is 1. The van der Waals surface area contributed by atoms with E-state index < -0.39 is 11.6 Å². The Morgan fingerprint density at radius 3 is 2.21 bits per heavy atom. The highest BCUT2D eigenvalue weighted by Crippen LogP contribution is 2.40. The van der Waals surface area contributed by atoms with Gasteiger partial charge < -0.3 is 19.5 Å². The second-order valence-corrected chi connectivity index (χ2v) is 8.57. The van der Waals surface area contributed by atoms with Crippen LogP contribution in [0.4, 0.5) is 0 Å². The van der Waals surface area contributed by atoms with E-state index >= 15 is 0 Å². The van der Waals surface area contributed by atoms with E-state index in [4.69, 9.17) is 9.84 Å². The third-order valence-corrected chi connectivity index (χ3v) is 6.91. The normalized spacial score (nSPS) is 11.8. The molecule has 0 aliphatic heterocycles. The van der Waals surface area contributed by atoms with Gasteiger partial charge in [0.25, 0.3) is 0 Å². The molecule has 0 bridgehead atoms. The van der Waals surface area contributed by atoms with Crippen molar-refractivity contribution < 1.29 is 19.7 Å². The van der Waals surface area contributed by atoms with Gasteiger partial charge in [-0.3, -0.25) is 0 Å². The molecule has 5 heteroatoms. The third kappa shape index (κ3) is 5.69. The molecule has 0 amide bonds. The maximum atomic E-state index is 12.5. The van der Waals surface area contributed by atoms with Crippen LogP contribution in [0.15, 0.2) is 30.5 Å². The summed E-state index contributed by atoms with van der Waals surface area (Å²) in [5.74, 6) is 5.81. The van der Waals surface area contributed by atoms with E-state index in [0.717, 1.165) is 29.5 Å². The van der Waals surface area contributed by atoms with E-state index in [-0.39, 0.29) is 18.6 Å². The van der Waals surface area contributed by atoms with Crippen LogP contribution < -0.4 is 0 Å². The number of rotatable bonds is 10. The first-order chi connectivity index (χ1) is 15.7. The van der Waals surface area contributed by atoms with Gasteiger partial charge in [-0.2, -0.15) is 0 Å². The molecule has 5 nitrogen and oxygen atoms in total. The van der Waals surface area contributed by atoms with Gasteiger partial charge in [-0.25, -0.2) is 4.79 Å². The zero-order chi connectivity index (χ0) is 24.6. The summed E-state index contributed by atoms with van der Waals surface area (Å²) in [6.07, 6.45) is 4.99. The van der Waals surface area contributed by atoms with Gasteiger partial charge in [0.2, 0.25) is 0 Å². The average molecular weight is 454 g/mol. The van der Waals surface area contributed by atoms with Crippen molar-refractivity contribution in [1.82, 2.24) is 4.57 Å². The standard InChI is InChI=1S/C28H39NO4/c1-7-27(32,8-2)15-14-22-12-13-23(18-21(22)6)28(9-3,10-4)24-19-25(29(11-5)20-24)26(31)33-17-16-30/h12-13,18-20,30,32H,7-11,16-17H2,1-6H3. The molecule has 1 heterocycles. The number of benzene rings is 1. The summed E-state index contributed by atoms with van der Waals surface area (Å²) in [5.41, 5.74) is 3.54. The number of aromatic nitrogens is 1. The molecule has 2 N–H and O–H groups in total. The van der Waals surface area contributed by atoms with Crippen LogP contribution in [-0.4, -0.2) is 39.6 Å². The number of nitrogens with zero attached hydrogens (tertiary/aromatic N) is 1. The molecule has 180 valence electrons. The van der Waals surface area contributed by atoms with Crippen molar-refractivity contribution in [3.63, 3.8) is 0 Å². The molecule has 1 aromatic heterocycles. The molecular formula is C28H39NO4. The maximum absolute atomic E-state index is 12.5. The van der Waals surface area contributed by atoms with Crippen molar-refractivity contribution in [3.05, 3.63) is 58.4 Å².